The molecule has 3 rings (SSSR count). The van der Waals surface area contributed by atoms with Gasteiger partial charge in [0.2, 0.25) is 0 Å². The summed E-state index contributed by atoms with van der Waals surface area (Å²) in [5, 5.41) is 8.41. The minimum atomic E-state index is -0.259. The Balaban J connectivity index is 1.62. The van der Waals surface area contributed by atoms with Crippen LogP contribution >= 0.6 is 0 Å². The van der Waals surface area contributed by atoms with Crippen molar-refractivity contribution in [3.8, 4) is 0 Å². The normalized spacial score (nSPS) is 10.5. The number of hydrogen-bond donors (Lipinski definition) is 3. The van der Waals surface area contributed by atoms with Gasteiger partial charge in [-0.2, -0.15) is 0 Å². The van der Waals surface area contributed by atoms with Crippen molar-refractivity contribution in [2.24, 2.45) is 0 Å². The minimum absolute atomic E-state index is 0.0608. The van der Waals surface area contributed by atoms with E-state index in [0.29, 0.717) is 23.6 Å². The third-order valence-electron chi connectivity index (χ3n) is 4.08. The molecular weight excluding hydrogens is 352 g/mol. The lowest BCUT2D eigenvalue weighted by atomic mass is 10.2. The Labute approximate surface area is 164 Å². The van der Waals surface area contributed by atoms with Gasteiger partial charge in [-0.25, -0.2) is 4.79 Å². The molecule has 3 N–H and O–H groups in total. The van der Waals surface area contributed by atoms with Gasteiger partial charge in [0.1, 0.15) is 5.69 Å². The number of amides is 3. The third kappa shape index (κ3) is 5.23. The van der Waals surface area contributed by atoms with Gasteiger partial charge >= 0.3 is 6.03 Å². The van der Waals surface area contributed by atoms with Gasteiger partial charge in [-0.1, -0.05) is 30.3 Å². The molecule has 1 heterocycles. The summed E-state index contributed by atoms with van der Waals surface area (Å²) in [6.07, 6.45) is 1.89. The Morgan fingerprint density at radius 1 is 0.857 bits per heavy atom. The van der Waals surface area contributed by atoms with Gasteiger partial charge in [0, 0.05) is 30.2 Å². The van der Waals surface area contributed by atoms with E-state index < -0.39 is 0 Å². The Bertz CT molecular complexity index is 931. The second-order valence-electron chi connectivity index (χ2n) is 6.79. The molecule has 0 spiro atoms. The van der Waals surface area contributed by atoms with Gasteiger partial charge in [0.05, 0.1) is 0 Å². The zero-order chi connectivity index (χ0) is 19.9. The Kier molecular flexibility index (Phi) is 6.11. The highest BCUT2D eigenvalue weighted by atomic mass is 16.2. The van der Waals surface area contributed by atoms with Crippen molar-refractivity contribution in [3.05, 3.63) is 84.2 Å². The fraction of sp³-hybridized carbons (Fsp3) is 0.182. The van der Waals surface area contributed by atoms with Crippen molar-refractivity contribution in [1.29, 1.82) is 0 Å². The predicted octanol–water partition coefficient (Wildman–Crippen LogP) is 4.32. The molecule has 28 heavy (non-hydrogen) atoms. The lowest BCUT2D eigenvalue weighted by Crippen LogP contribution is -2.34. The van der Waals surface area contributed by atoms with Crippen LogP contribution in [0.15, 0.2) is 72.9 Å². The summed E-state index contributed by atoms with van der Waals surface area (Å²) >= 11 is 0. The number of carbonyl (C=O) groups is 2. The summed E-state index contributed by atoms with van der Waals surface area (Å²) in [6.45, 7) is 4.42. The number of rotatable bonds is 6. The predicted molar refractivity (Wildman–Crippen MR) is 112 cm³/mol. The average Bonchev–Trinajstić information content (AvgIpc) is 3.12. The largest absolute Gasteiger partial charge is 0.339 e. The van der Waals surface area contributed by atoms with E-state index in [1.54, 1.807) is 30.3 Å². The van der Waals surface area contributed by atoms with Crippen molar-refractivity contribution in [3.63, 3.8) is 0 Å². The summed E-state index contributed by atoms with van der Waals surface area (Å²) in [6, 6.07) is 20.5. The van der Waals surface area contributed by atoms with Crippen molar-refractivity contribution in [2.45, 2.75) is 26.4 Å². The number of carbonyl (C=O) groups excluding carboxylic acids is 2. The molecular formula is C22H24N4O2. The zero-order valence-electron chi connectivity index (χ0n) is 16.0. The summed E-state index contributed by atoms with van der Waals surface area (Å²) < 4.78 is 1.91. The average molecular weight is 376 g/mol. The fourth-order valence-electron chi connectivity index (χ4n) is 2.80. The second-order valence-corrected chi connectivity index (χ2v) is 6.79. The summed E-state index contributed by atoms with van der Waals surface area (Å²) in [5.74, 6) is -0.181. The number of urea groups is 1. The van der Waals surface area contributed by atoms with E-state index in [1.165, 1.54) is 0 Å². The number of benzene rings is 2. The van der Waals surface area contributed by atoms with E-state index in [-0.39, 0.29) is 18.0 Å². The van der Waals surface area contributed by atoms with Crippen LogP contribution in [0.25, 0.3) is 0 Å². The number of nitrogens with one attached hydrogen (secondary N) is 3. The third-order valence-corrected chi connectivity index (χ3v) is 4.08. The molecule has 144 valence electrons. The molecule has 6 nitrogen and oxygen atoms in total. The van der Waals surface area contributed by atoms with Gasteiger partial charge in [-0.15, -0.1) is 0 Å². The van der Waals surface area contributed by atoms with E-state index in [9.17, 15) is 9.59 Å². The van der Waals surface area contributed by atoms with E-state index in [1.807, 2.05) is 61.0 Å². The van der Waals surface area contributed by atoms with Crippen molar-refractivity contribution < 1.29 is 9.59 Å². The maximum atomic E-state index is 12.7. The van der Waals surface area contributed by atoms with Crippen LogP contribution in [-0.2, 0) is 6.54 Å². The maximum Gasteiger partial charge on any atom is 0.319 e. The van der Waals surface area contributed by atoms with Crippen molar-refractivity contribution in [2.75, 3.05) is 10.6 Å². The van der Waals surface area contributed by atoms with E-state index in [4.69, 9.17) is 0 Å². The molecule has 3 amide bonds. The van der Waals surface area contributed by atoms with Crippen LogP contribution in [0, 0.1) is 0 Å². The van der Waals surface area contributed by atoms with Crippen LogP contribution in [0.4, 0.5) is 16.2 Å². The Morgan fingerprint density at radius 2 is 1.50 bits per heavy atom. The van der Waals surface area contributed by atoms with Crippen molar-refractivity contribution in [1.82, 2.24) is 9.88 Å². The monoisotopic (exact) mass is 376 g/mol. The van der Waals surface area contributed by atoms with Gasteiger partial charge in [0.15, 0.2) is 0 Å². The molecule has 0 fully saturated rings. The van der Waals surface area contributed by atoms with E-state index in [2.05, 4.69) is 16.0 Å². The van der Waals surface area contributed by atoms with Gasteiger partial charge in [0.25, 0.3) is 5.91 Å². The van der Waals surface area contributed by atoms with Crippen LogP contribution in [0.2, 0.25) is 0 Å². The highest BCUT2D eigenvalue weighted by Crippen LogP contribution is 2.15. The number of aromatic nitrogens is 1. The minimum Gasteiger partial charge on any atom is -0.339 e. The molecule has 0 bridgehead atoms. The van der Waals surface area contributed by atoms with Crippen LogP contribution in [0.5, 0.6) is 0 Å². The van der Waals surface area contributed by atoms with Gasteiger partial charge in [-0.05, 0) is 55.8 Å². The van der Waals surface area contributed by atoms with E-state index >= 15 is 0 Å². The molecule has 0 saturated carbocycles. The smallest absolute Gasteiger partial charge is 0.319 e. The first-order chi connectivity index (χ1) is 13.5. The zero-order valence-corrected chi connectivity index (χ0v) is 16.0. The van der Waals surface area contributed by atoms with Gasteiger partial charge in [-0.3, -0.25) is 4.79 Å². The van der Waals surface area contributed by atoms with Crippen LogP contribution in [0.3, 0.4) is 0 Å². The van der Waals surface area contributed by atoms with Gasteiger partial charge < -0.3 is 20.5 Å². The summed E-state index contributed by atoms with van der Waals surface area (Å²) in [5.41, 5.74) is 3.03. The molecule has 0 radical (unpaired) electrons. The standard InChI is InChI=1S/C22H24N4O2/c1-16(2)23-22(28)25-19-12-10-18(11-13-19)24-21(27)20-9-6-14-26(20)15-17-7-4-3-5-8-17/h3-14,16H,15H2,1-2H3,(H,24,27)(H2,23,25,28). The number of nitrogens with zero attached hydrogens (tertiary/aromatic N) is 1. The number of anilines is 2. The molecule has 0 aliphatic heterocycles. The van der Waals surface area contributed by atoms with Crippen LogP contribution in [-0.4, -0.2) is 22.5 Å². The first-order valence-corrected chi connectivity index (χ1v) is 9.19. The summed E-state index contributed by atoms with van der Waals surface area (Å²) in [4.78, 5) is 24.4. The molecule has 0 saturated heterocycles. The fourth-order valence-corrected chi connectivity index (χ4v) is 2.80. The topological polar surface area (TPSA) is 75.2 Å². The Morgan fingerprint density at radius 3 is 2.14 bits per heavy atom. The molecule has 6 heteroatoms. The highest BCUT2D eigenvalue weighted by molar-refractivity contribution is 6.03. The first-order valence-electron chi connectivity index (χ1n) is 9.19. The second kappa shape index (κ2) is 8.90. The van der Waals surface area contributed by atoms with E-state index in [0.717, 1.165) is 5.56 Å². The Hall–Kier alpha value is -3.54. The molecule has 2 aromatic carbocycles. The van der Waals surface area contributed by atoms with Crippen LogP contribution < -0.4 is 16.0 Å². The molecule has 0 aliphatic rings. The SMILES string of the molecule is CC(C)NC(=O)Nc1ccc(NC(=O)c2cccn2Cc2ccccc2)cc1. The molecule has 1 aromatic heterocycles. The van der Waals surface area contributed by atoms with Crippen LogP contribution in [0.1, 0.15) is 29.9 Å². The maximum absolute atomic E-state index is 12.7. The lowest BCUT2D eigenvalue weighted by molar-refractivity contribution is 0.101. The molecule has 0 aliphatic carbocycles. The van der Waals surface area contributed by atoms with Crippen molar-refractivity contribution >= 4 is 23.3 Å². The number of hydrogen-bond acceptors (Lipinski definition) is 2. The first kappa shape index (κ1) is 19.2. The molecule has 0 atom stereocenters. The quantitative estimate of drug-likeness (QED) is 0.599. The molecule has 0 unspecified atom stereocenters. The highest BCUT2D eigenvalue weighted by Gasteiger charge is 2.12. The lowest BCUT2D eigenvalue weighted by Gasteiger charge is -2.12. The molecule has 3 aromatic rings. The summed E-state index contributed by atoms with van der Waals surface area (Å²) in [7, 11) is 0.